The number of nitrogens with one attached hydrogen (secondary N) is 1. The molecule has 21 heavy (non-hydrogen) atoms. The van der Waals surface area contributed by atoms with Crippen LogP contribution in [0.15, 0.2) is 54.6 Å². The van der Waals surface area contributed by atoms with Crippen molar-refractivity contribution in [2.45, 2.75) is 13.0 Å². The van der Waals surface area contributed by atoms with Gasteiger partial charge in [-0.1, -0.05) is 36.3 Å². The molecule has 0 radical (unpaired) electrons. The number of ether oxygens (including phenoxy) is 1. The van der Waals surface area contributed by atoms with Crippen LogP contribution in [0.25, 0.3) is 0 Å². The van der Waals surface area contributed by atoms with Crippen LogP contribution >= 0.6 is 0 Å². The molecular weight excluding hydrogens is 262 g/mol. The summed E-state index contributed by atoms with van der Waals surface area (Å²) in [4.78, 5) is 12.2. The fraction of sp³-hybridized carbons (Fsp3) is 0.167. The summed E-state index contributed by atoms with van der Waals surface area (Å²) in [6.45, 7) is 2.17. The summed E-state index contributed by atoms with van der Waals surface area (Å²) in [7, 11) is 0. The molecule has 0 fully saturated rings. The van der Waals surface area contributed by atoms with Crippen molar-refractivity contribution in [1.82, 2.24) is 5.32 Å². The molecule has 0 bridgehead atoms. The molecule has 0 aliphatic rings. The number of hydrogen-bond donors (Lipinski definition) is 1. The van der Waals surface area contributed by atoms with Crippen molar-refractivity contribution < 1.29 is 9.53 Å². The first-order valence-electron chi connectivity index (χ1n) is 6.73. The Morgan fingerprint density at radius 2 is 1.86 bits per heavy atom. The maximum atomic E-state index is 12.2. The highest BCUT2D eigenvalue weighted by Crippen LogP contribution is 2.15. The van der Waals surface area contributed by atoms with Crippen molar-refractivity contribution in [1.29, 1.82) is 0 Å². The third kappa shape index (κ3) is 4.12. The molecule has 1 N–H and O–H groups in total. The molecule has 0 aromatic heterocycles. The third-order valence-electron chi connectivity index (χ3n) is 3.09. The zero-order valence-electron chi connectivity index (χ0n) is 11.9. The number of amides is 1. The van der Waals surface area contributed by atoms with E-state index in [4.69, 9.17) is 11.2 Å². The number of benzene rings is 2. The van der Waals surface area contributed by atoms with E-state index in [-0.39, 0.29) is 18.6 Å². The van der Waals surface area contributed by atoms with Gasteiger partial charge in [0, 0.05) is 5.56 Å². The lowest BCUT2D eigenvalue weighted by atomic mass is 10.1. The van der Waals surface area contributed by atoms with Crippen molar-refractivity contribution in [2.75, 3.05) is 6.61 Å². The van der Waals surface area contributed by atoms with E-state index in [0.29, 0.717) is 11.3 Å². The monoisotopic (exact) mass is 279 g/mol. The second kappa shape index (κ2) is 7.16. The molecule has 2 aromatic rings. The van der Waals surface area contributed by atoms with Gasteiger partial charge in [-0.05, 0) is 36.8 Å². The first-order chi connectivity index (χ1) is 10.2. The van der Waals surface area contributed by atoms with Crippen LogP contribution in [0, 0.1) is 12.3 Å². The molecule has 2 aromatic carbocycles. The lowest BCUT2D eigenvalue weighted by Gasteiger charge is -2.14. The van der Waals surface area contributed by atoms with Gasteiger partial charge in [0.2, 0.25) is 0 Å². The maximum Gasteiger partial charge on any atom is 0.251 e. The number of rotatable bonds is 5. The molecule has 0 saturated carbocycles. The SMILES string of the molecule is C#CCOc1ccc(C(=O)NC(C)c2ccccc2)cc1. The number of terminal acetylenes is 1. The predicted molar refractivity (Wildman–Crippen MR) is 83.1 cm³/mol. The molecule has 0 heterocycles. The topological polar surface area (TPSA) is 38.3 Å². The van der Waals surface area contributed by atoms with Crippen LogP contribution < -0.4 is 10.1 Å². The van der Waals surface area contributed by atoms with Crippen LogP contribution in [0.2, 0.25) is 0 Å². The van der Waals surface area contributed by atoms with Gasteiger partial charge in [-0.2, -0.15) is 0 Å². The minimum atomic E-state index is -0.116. The van der Waals surface area contributed by atoms with E-state index in [2.05, 4.69) is 11.2 Å². The van der Waals surface area contributed by atoms with Crippen LogP contribution in [-0.2, 0) is 0 Å². The van der Waals surface area contributed by atoms with Crippen molar-refractivity contribution in [3.8, 4) is 18.1 Å². The second-order valence-electron chi connectivity index (χ2n) is 4.62. The summed E-state index contributed by atoms with van der Waals surface area (Å²) >= 11 is 0. The molecule has 106 valence electrons. The molecule has 2 rings (SSSR count). The van der Waals surface area contributed by atoms with Gasteiger partial charge in [-0.25, -0.2) is 0 Å². The van der Waals surface area contributed by atoms with Gasteiger partial charge >= 0.3 is 0 Å². The summed E-state index contributed by atoms with van der Waals surface area (Å²) in [5, 5.41) is 2.96. The smallest absolute Gasteiger partial charge is 0.251 e. The molecule has 0 spiro atoms. The molecule has 1 atom stereocenters. The number of carbonyl (C=O) groups is 1. The van der Waals surface area contributed by atoms with Gasteiger partial charge in [-0.15, -0.1) is 6.42 Å². The van der Waals surface area contributed by atoms with Crippen molar-refractivity contribution >= 4 is 5.91 Å². The Morgan fingerprint density at radius 1 is 1.19 bits per heavy atom. The zero-order valence-corrected chi connectivity index (χ0v) is 11.9. The quantitative estimate of drug-likeness (QED) is 0.854. The Kier molecular flexibility index (Phi) is 5.00. The van der Waals surface area contributed by atoms with Crippen LogP contribution in [0.1, 0.15) is 28.9 Å². The molecule has 1 amide bonds. The number of carbonyl (C=O) groups excluding carboxylic acids is 1. The molecular formula is C18H17NO2. The summed E-state index contributed by atoms with van der Waals surface area (Å²) in [5.74, 6) is 2.93. The fourth-order valence-electron chi connectivity index (χ4n) is 1.93. The van der Waals surface area contributed by atoms with Crippen LogP contribution in [0.4, 0.5) is 0 Å². The minimum absolute atomic E-state index is 0.0453. The Bertz CT molecular complexity index is 627. The van der Waals surface area contributed by atoms with Gasteiger partial charge in [-0.3, -0.25) is 4.79 Å². The van der Waals surface area contributed by atoms with E-state index in [0.717, 1.165) is 5.56 Å². The zero-order chi connectivity index (χ0) is 15.1. The van der Waals surface area contributed by atoms with Crippen molar-refractivity contribution in [3.63, 3.8) is 0 Å². The molecule has 0 aliphatic heterocycles. The highest BCUT2D eigenvalue weighted by Gasteiger charge is 2.11. The van der Waals surface area contributed by atoms with E-state index in [1.807, 2.05) is 37.3 Å². The van der Waals surface area contributed by atoms with Gasteiger partial charge < -0.3 is 10.1 Å². The Morgan fingerprint density at radius 3 is 2.48 bits per heavy atom. The molecule has 3 nitrogen and oxygen atoms in total. The van der Waals surface area contributed by atoms with Crippen molar-refractivity contribution in [3.05, 3.63) is 65.7 Å². The largest absolute Gasteiger partial charge is 0.481 e. The summed E-state index contributed by atoms with van der Waals surface area (Å²) < 4.78 is 5.27. The molecule has 3 heteroatoms. The van der Waals surface area contributed by atoms with E-state index in [9.17, 15) is 4.79 Å². The van der Waals surface area contributed by atoms with Crippen LogP contribution in [0.5, 0.6) is 5.75 Å². The summed E-state index contributed by atoms with van der Waals surface area (Å²) in [6, 6.07) is 16.7. The van der Waals surface area contributed by atoms with Gasteiger partial charge in [0.15, 0.2) is 0 Å². The van der Waals surface area contributed by atoms with E-state index < -0.39 is 0 Å². The lowest BCUT2D eigenvalue weighted by molar-refractivity contribution is 0.0940. The first kappa shape index (κ1) is 14.7. The summed E-state index contributed by atoms with van der Waals surface area (Å²) in [5.41, 5.74) is 1.66. The molecule has 1 unspecified atom stereocenters. The van der Waals surface area contributed by atoms with E-state index in [1.165, 1.54) is 0 Å². The van der Waals surface area contributed by atoms with Gasteiger partial charge in [0.25, 0.3) is 5.91 Å². The van der Waals surface area contributed by atoms with Crippen LogP contribution in [-0.4, -0.2) is 12.5 Å². The third-order valence-corrected chi connectivity index (χ3v) is 3.09. The fourth-order valence-corrected chi connectivity index (χ4v) is 1.93. The first-order valence-corrected chi connectivity index (χ1v) is 6.73. The Hall–Kier alpha value is -2.73. The van der Waals surface area contributed by atoms with Crippen molar-refractivity contribution in [2.24, 2.45) is 0 Å². The van der Waals surface area contributed by atoms with E-state index >= 15 is 0 Å². The minimum Gasteiger partial charge on any atom is -0.481 e. The van der Waals surface area contributed by atoms with E-state index in [1.54, 1.807) is 24.3 Å². The van der Waals surface area contributed by atoms with Gasteiger partial charge in [0.1, 0.15) is 12.4 Å². The Balaban J connectivity index is 1.99. The lowest BCUT2D eigenvalue weighted by Crippen LogP contribution is -2.26. The maximum absolute atomic E-state index is 12.2. The van der Waals surface area contributed by atoms with Crippen LogP contribution in [0.3, 0.4) is 0 Å². The predicted octanol–water partition coefficient (Wildman–Crippen LogP) is 3.19. The Labute approximate surface area is 125 Å². The average Bonchev–Trinajstić information content (AvgIpc) is 2.54. The second-order valence-corrected chi connectivity index (χ2v) is 4.62. The average molecular weight is 279 g/mol. The molecule has 0 saturated heterocycles. The standard InChI is InChI=1S/C18H17NO2/c1-3-13-21-17-11-9-16(10-12-17)18(20)19-14(2)15-7-5-4-6-8-15/h1,4-12,14H,13H2,2H3,(H,19,20). The van der Waals surface area contributed by atoms with Gasteiger partial charge in [0.05, 0.1) is 6.04 Å². The number of hydrogen-bond acceptors (Lipinski definition) is 2. The molecule has 0 aliphatic carbocycles. The highest BCUT2D eigenvalue weighted by molar-refractivity contribution is 5.94. The normalized spacial score (nSPS) is 11.2. The highest BCUT2D eigenvalue weighted by atomic mass is 16.5. The summed E-state index contributed by atoms with van der Waals surface area (Å²) in [6.07, 6.45) is 5.13.